The Morgan fingerprint density at radius 2 is 0.727 bits per heavy atom. The highest BCUT2D eigenvalue weighted by Gasteiger charge is 2.45. The zero-order valence-electron chi connectivity index (χ0n) is 20.7. The van der Waals surface area contributed by atoms with E-state index < -0.39 is 137 Å². The number of nitriles is 2. The quantitative estimate of drug-likeness (QED) is 0.131. The third kappa shape index (κ3) is 4.14. The Hall–Kier alpha value is -5.78. The van der Waals surface area contributed by atoms with Crippen LogP contribution in [0.1, 0.15) is 22.3 Å². The zero-order chi connectivity index (χ0) is 33.3. The molecule has 8 N–H and O–H groups in total. The molecule has 1 aliphatic rings. The van der Waals surface area contributed by atoms with Gasteiger partial charge in [0.15, 0.2) is 69.8 Å². The molecule has 0 saturated heterocycles. The number of nitrogens with zero attached hydrogens (tertiary/aromatic N) is 2. The molecule has 1 fully saturated rings. The molecule has 0 radical (unpaired) electrons. The summed E-state index contributed by atoms with van der Waals surface area (Å²) in [4.78, 5) is 0. The minimum absolute atomic E-state index is 0.820. The van der Waals surface area contributed by atoms with E-state index in [9.17, 15) is 57.9 Å². The Morgan fingerprint density at radius 3 is 1.02 bits per heavy atom. The molecular formula is C26H8F12N6. The van der Waals surface area contributed by atoms with Crippen molar-refractivity contribution in [1.82, 2.24) is 0 Å². The van der Waals surface area contributed by atoms with Crippen LogP contribution in [0.25, 0.3) is 17.0 Å². The number of benzene rings is 3. The lowest BCUT2D eigenvalue weighted by Crippen LogP contribution is -2.11. The van der Waals surface area contributed by atoms with Gasteiger partial charge >= 0.3 is 0 Å². The molecule has 0 unspecified atom stereocenters. The molecule has 226 valence electrons. The number of nitrogens with two attached hydrogens (primary N) is 4. The molecule has 0 aromatic heterocycles. The fourth-order valence-corrected chi connectivity index (χ4v) is 4.18. The second kappa shape index (κ2) is 10.5. The van der Waals surface area contributed by atoms with Crippen LogP contribution < -0.4 is 22.9 Å². The monoisotopic (exact) mass is 632 g/mol. The Morgan fingerprint density at radius 1 is 0.432 bits per heavy atom. The number of nitrogen functional groups attached to an aromatic ring is 2. The molecule has 44 heavy (non-hydrogen) atoms. The first-order chi connectivity index (χ1) is 20.5. The highest BCUT2D eigenvalue weighted by Crippen LogP contribution is 2.55. The van der Waals surface area contributed by atoms with Gasteiger partial charge in [-0.15, -0.1) is 0 Å². The van der Waals surface area contributed by atoms with Gasteiger partial charge in [-0.1, -0.05) is 0 Å². The first kappa shape index (κ1) is 31.2. The van der Waals surface area contributed by atoms with Crippen LogP contribution in [0.5, 0.6) is 0 Å². The summed E-state index contributed by atoms with van der Waals surface area (Å²) >= 11 is 0. The molecule has 0 amide bonds. The standard InChI is InChI=1S/C26H8F12N6/c27-11-4(2-40)12(28)16(32)9(15(11)31)23(41)7-5(3(1-39)6-13(29)19(35)25(43)20(36)14(6)30)8(7)24(42)10-17(33)21(37)26(44)22(38)18(10)34/h41-44H2/b5-3-,23-7?,24-8+. The molecule has 0 bridgehead atoms. The minimum Gasteiger partial charge on any atom is -0.398 e. The first-order valence-corrected chi connectivity index (χ1v) is 11.1. The molecule has 0 atom stereocenters. The predicted octanol–water partition coefficient (Wildman–Crippen LogP) is 5.42. The molecule has 0 spiro atoms. The van der Waals surface area contributed by atoms with E-state index in [1.165, 1.54) is 0 Å². The van der Waals surface area contributed by atoms with E-state index in [-0.39, 0.29) is 0 Å². The maximum Gasteiger partial charge on any atom is 0.185 e. The van der Waals surface area contributed by atoms with Gasteiger partial charge < -0.3 is 22.9 Å². The normalized spacial score (nSPS) is 16.0. The largest absolute Gasteiger partial charge is 0.398 e. The van der Waals surface area contributed by atoms with Crippen LogP contribution in [0, 0.1) is 92.5 Å². The van der Waals surface area contributed by atoms with Crippen molar-refractivity contribution in [3.8, 4) is 12.1 Å². The molecule has 18 heteroatoms. The summed E-state index contributed by atoms with van der Waals surface area (Å²) in [7, 11) is 0. The van der Waals surface area contributed by atoms with Crippen LogP contribution in [-0.2, 0) is 0 Å². The van der Waals surface area contributed by atoms with Crippen molar-refractivity contribution >= 4 is 28.3 Å². The summed E-state index contributed by atoms with van der Waals surface area (Å²) in [6.07, 6.45) is 0. The van der Waals surface area contributed by atoms with Crippen LogP contribution in [0.3, 0.4) is 0 Å². The zero-order valence-corrected chi connectivity index (χ0v) is 20.7. The second-order valence-corrected chi connectivity index (χ2v) is 8.65. The second-order valence-electron chi connectivity index (χ2n) is 8.65. The highest BCUT2D eigenvalue weighted by atomic mass is 19.2. The van der Waals surface area contributed by atoms with E-state index in [1.807, 2.05) is 0 Å². The van der Waals surface area contributed by atoms with Gasteiger partial charge in [0.2, 0.25) is 0 Å². The number of allylic oxidation sites excluding steroid dienone is 4. The number of anilines is 2. The smallest absolute Gasteiger partial charge is 0.185 e. The van der Waals surface area contributed by atoms with Crippen molar-refractivity contribution in [2.24, 2.45) is 11.5 Å². The molecule has 1 aliphatic carbocycles. The lowest BCUT2D eigenvalue weighted by Gasteiger charge is -2.10. The van der Waals surface area contributed by atoms with Gasteiger partial charge in [-0.2, -0.15) is 10.5 Å². The summed E-state index contributed by atoms with van der Waals surface area (Å²) in [6, 6.07) is 1.87. The Balaban J connectivity index is 2.27. The molecule has 0 heterocycles. The first-order valence-electron chi connectivity index (χ1n) is 11.1. The van der Waals surface area contributed by atoms with Gasteiger partial charge in [-0.05, 0) is 0 Å². The van der Waals surface area contributed by atoms with Crippen molar-refractivity contribution in [2.45, 2.75) is 0 Å². The molecule has 1 saturated carbocycles. The van der Waals surface area contributed by atoms with Crippen LogP contribution >= 0.6 is 0 Å². The average Bonchev–Trinajstić information content (AvgIpc) is 3.73. The Kier molecular flexibility index (Phi) is 7.43. The van der Waals surface area contributed by atoms with Gasteiger partial charge in [-0.3, -0.25) is 0 Å². The molecule has 4 rings (SSSR count). The number of hydrogen-bond acceptors (Lipinski definition) is 6. The van der Waals surface area contributed by atoms with Crippen LogP contribution in [0.4, 0.5) is 64.1 Å². The Labute approximate surface area is 236 Å². The molecule has 6 nitrogen and oxygen atoms in total. The average molecular weight is 632 g/mol. The van der Waals surface area contributed by atoms with Crippen molar-refractivity contribution < 1.29 is 52.7 Å². The van der Waals surface area contributed by atoms with Crippen LogP contribution in [-0.4, -0.2) is 0 Å². The molecule has 0 aliphatic heterocycles. The van der Waals surface area contributed by atoms with Crippen LogP contribution in [0.15, 0.2) is 16.7 Å². The highest BCUT2D eigenvalue weighted by molar-refractivity contribution is 6.08. The lowest BCUT2D eigenvalue weighted by molar-refractivity contribution is 0.446. The number of halogens is 12. The molecule has 3 aromatic carbocycles. The van der Waals surface area contributed by atoms with Gasteiger partial charge in [0.1, 0.15) is 29.1 Å². The van der Waals surface area contributed by atoms with Gasteiger partial charge in [0, 0.05) is 16.7 Å². The third-order valence-electron chi connectivity index (χ3n) is 6.35. The summed E-state index contributed by atoms with van der Waals surface area (Å²) in [5.74, 6) is -27.8. The Bertz CT molecular complexity index is 1960. The van der Waals surface area contributed by atoms with Crippen molar-refractivity contribution in [3.05, 3.63) is 109 Å². The minimum atomic E-state index is -2.38. The lowest BCUT2D eigenvalue weighted by atomic mass is 10.0. The number of rotatable bonds is 3. The fraction of sp³-hybridized carbons (Fsp3) is 0. The van der Waals surface area contributed by atoms with E-state index in [2.05, 4.69) is 0 Å². The SMILES string of the molecule is N#C/C(=C1\C(=C(N)c2c(F)c(F)c(C#N)c(F)c2F)\C1=C(\N)c1c(F)c(F)c(N)c(F)c1F)c1c(F)c(F)c(N)c(F)c1F. The van der Waals surface area contributed by atoms with E-state index in [4.69, 9.17) is 28.2 Å². The predicted molar refractivity (Wildman–Crippen MR) is 127 cm³/mol. The molecular weight excluding hydrogens is 624 g/mol. The topological polar surface area (TPSA) is 152 Å². The van der Waals surface area contributed by atoms with Gasteiger partial charge in [-0.25, -0.2) is 52.7 Å². The fourth-order valence-electron chi connectivity index (χ4n) is 4.18. The summed E-state index contributed by atoms with van der Waals surface area (Å²) < 4.78 is 174. The van der Waals surface area contributed by atoms with E-state index in [1.54, 1.807) is 0 Å². The maximum atomic E-state index is 14.8. The van der Waals surface area contributed by atoms with Gasteiger partial charge in [0.25, 0.3) is 0 Å². The van der Waals surface area contributed by atoms with E-state index in [0.29, 0.717) is 0 Å². The van der Waals surface area contributed by atoms with Crippen LogP contribution in [0.2, 0.25) is 0 Å². The molecule has 3 aromatic rings. The maximum absolute atomic E-state index is 14.8. The summed E-state index contributed by atoms with van der Waals surface area (Å²) in [6.45, 7) is 0. The van der Waals surface area contributed by atoms with Crippen molar-refractivity contribution in [3.63, 3.8) is 0 Å². The van der Waals surface area contributed by atoms with E-state index in [0.717, 1.165) is 12.1 Å². The van der Waals surface area contributed by atoms with E-state index >= 15 is 0 Å². The van der Waals surface area contributed by atoms with Crippen molar-refractivity contribution in [2.75, 3.05) is 11.5 Å². The summed E-state index contributed by atoms with van der Waals surface area (Å²) in [5, 5.41) is 18.5. The van der Waals surface area contributed by atoms with Gasteiger partial charge in [0.05, 0.1) is 33.7 Å². The van der Waals surface area contributed by atoms with Crippen molar-refractivity contribution in [1.29, 1.82) is 10.5 Å². The summed E-state index contributed by atoms with van der Waals surface area (Å²) in [5.41, 5.74) is 2.11. The third-order valence-corrected chi connectivity index (χ3v) is 6.35. The number of hydrogen-bond donors (Lipinski definition) is 4.